The summed E-state index contributed by atoms with van der Waals surface area (Å²) in [5.74, 6) is 1.62. The summed E-state index contributed by atoms with van der Waals surface area (Å²) in [6.07, 6.45) is 0.812. The predicted octanol–water partition coefficient (Wildman–Crippen LogP) is 1.54. The molecule has 3 rings (SSSR count). The van der Waals surface area contributed by atoms with E-state index in [0.29, 0.717) is 19.8 Å². The zero-order valence-electron chi connectivity index (χ0n) is 10.6. The zero-order valence-corrected chi connectivity index (χ0v) is 10.6. The van der Waals surface area contributed by atoms with Gasteiger partial charge in [0.2, 0.25) is 6.79 Å². The number of fused-ring (bicyclic) bond motifs is 1. The molecule has 0 radical (unpaired) electrons. The predicted molar refractivity (Wildman–Crippen MR) is 66.2 cm³/mol. The number of ketones is 1. The molecule has 2 aliphatic heterocycles. The molecule has 1 aromatic rings. The molecule has 0 amide bonds. The van der Waals surface area contributed by atoms with Crippen molar-refractivity contribution >= 4 is 5.78 Å². The van der Waals surface area contributed by atoms with E-state index in [0.717, 1.165) is 23.5 Å². The van der Waals surface area contributed by atoms with Crippen molar-refractivity contribution in [3.8, 4) is 11.5 Å². The molecule has 2 heterocycles. The summed E-state index contributed by atoms with van der Waals surface area (Å²) in [5.41, 5.74) is 0.972. The van der Waals surface area contributed by atoms with E-state index < -0.39 is 0 Å². The fourth-order valence-electron chi connectivity index (χ4n) is 2.21. The molecule has 102 valence electrons. The van der Waals surface area contributed by atoms with Crippen LogP contribution < -0.4 is 9.47 Å². The summed E-state index contributed by atoms with van der Waals surface area (Å²) in [4.78, 5) is 11.8. The van der Waals surface area contributed by atoms with Crippen LogP contribution in [0, 0.1) is 5.92 Å². The van der Waals surface area contributed by atoms with Gasteiger partial charge < -0.3 is 18.9 Å². The Kier molecular flexibility index (Phi) is 3.66. The molecular formula is C14H16O5. The first kappa shape index (κ1) is 12.4. The van der Waals surface area contributed by atoms with Gasteiger partial charge in [-0.05, 0) is 24.1 Å². The Morgan fingerprint density at radius 2 is 2.21 bits per heavy atom. The summed E-state index contributed by atoms with van der Waals surface area (Å²) in [6.45, 7) is 2.02. The maximum Gasteiger partial charge on any atom is 0.231 e. The number of hydrogen-bond acceptors (Lipinski definition) is 5. The van der Waals surface area contributed by atoms with Gasteiger partial charge in [-0.1, -0.05) is 6.07 Å². The van der Waals surface area contributed by atoms with Gasteiger partial charge in [0.05, 0.1) is 13.2 Å². The van der Waals surface area contributed by atoms with Crippen LogP contribution in [0.1, 0.15) is 12.0 Å². The molecule has 5 nitrogen and oxygen atoms in total. The van der Waals surface area contributed by atoms with Gasteiger partial charge in [0.15, 0.2) is 17.3 Å². The van der Waals surface area contributed by atoms with E-state index in [1.54, 1.807) is 0 Å². The molecule has 1 unspecified atom stereocenters. The Morgan fingerprint density at radius 1 is 1.32 bits per heavy atom. The number of carbonyl (C=O) groups is 1. The highest BCUT2D eigenvalue weighted by atomic mass is 16.7. The second-order valence-corrected chi connectivity index (χ2v) is 4.71. The van der Waals surface area contributed by atoms with Crippen molar-refractivity contribution in [2.75, 3.05) is 26.6 Å². The molecule has 19 heavy (non-hydrogen) atoms. The Morgan fingerprint density at radius 3 is 3.05 bits per heavy atom. The lowest BCUT2D eigenvalue weighted by atomic mass is 10.0. The summed E-state index contributed by atoms with van der Waals surface area (Å²) in [7, 11) is 0. The zero-order chi connectivity index (χ0) is 13.1. The number of hydrogen-bond donors (Lipinski definition) is 0. The van der Waals surface area contributed by atoms with Gasteiger partial charge in [0.1, 0.15) is 6.61 Å². The molecule has 0 aromatic heterocycles. The fourth-order valence-corrected chi connectivity index (χ4v) is 2.21. The van der Waals surface area contributed by atoms with E-state index in [2.05, 4.69) is 0 Å². The first-order chi connectivity index (χ1) is 9.33. The van der Waals surface area contributed by atoms with Crippen LogP contribution in [0.15, 0.2) is 18.2 Å². The monoisotopic (exact) mass is 264 g/mol. The van der Waals surface area contributed by atoms with E-state index in [1.165, 1.54) is 0 Å². The molecule has 5 heteroatoms. The lowest BCUT2D eigenvalue weighted by molar-refractivity contribution is -0.127. The lowest BCUT2D eigenvalue weighted by Crippen LogP contribution is -2.19. The van der Waals surface area contributed by atoms with Crippen LogP contribution in [0.5, 0.6) is 11.5 Å². The molecule has 2 aliphatic rings. The minimum atomic E-state index is 0.0109. The van der Waals surface area contributed by atoms with Gasteiger partial charge in [-0.2, -0.15) is 0 Å². The van der Waals surface area contributed by atoms with Crippen molar-refractivity contribution in [2.45, 2.75) is 13.0 Å². The Bertz CT molecular complexity index is 465. The molecular weight excluding hydrogens is 248 g/mol. The van der Waals surface area contributed by atoms with Gasteiger partial charge in [-0.25, -0.2) is 0 Å². The minimum Gasteiger partial charge on any atom is -0.454 e. The highest BCUT2D eigenvalue weighted by molar-refractivity contribution is 5.82. The van der Waals surface area contributed by atoms with Gasteiger partial charge in [0, 0.05) is 12.5 Å². The van der Waals surface area contributed by atoms with Crippen molar-refractivity contribution in [1.82, 2.24) is 0 Å². The standard InChI is InChI=1S/C14H16O5/c15-12(11-3-4-16-7-11)8-17-6-10-1-2-13-14(5-10)19-9-18-13/h1-2,5,11H,3-4,6-9H2. The second-order valence-electron chi connectivity index (χ2n) is 4.71. The van der Waals surface area contributed by atoms with Crippen molar-refractivity contribution in [1.29, 1.82) is 0 Å². The maximum atomic E-state index is 11.8. The van der Waals surface area contributed by atoms with Crippen LogP contribution in [0.3, 0.4) is 0 Å². The van der Waals surface area contributed by atoms with E-state index in [-0.39, 0.29) is 25.1 Å². The highest BCUT2D eigenvalue weighted by Crippen LogP contribution is 2.32. The normalized spacial score (nSPS) is 20.7. The van der Waals surface area contributed by atoms with Crippen LogP contribution in [0.2, 0.25) is 0 Å². The summed E-state index contributed by atoms with van der Waals surface area (Å²) in [5, 5.41) is 0. The number of ether oxygens (including phenoxy) is 4. The van der Waals surface area contributed by atoms with Crippen LogP contribution in [-0.4, -0.2) is 32.4 Å². The van der Waals surface area contributed by atoms with Crippen LogP contribution >= 0.6 is 0 Å². The largest absolute Gasteiger partial charge is 0.454 e. The number of Topliss-reactive ketones (excluding diaryl/α,β-unsaturated/α-hetero) is 1. The Labute approximate surface area is 111 Å². The van der Waals surface area contributed by atoms with E-state index in [1.807, 2.05) is 18.2 Å². The summed E-state index contributed by atoms with van der Waals surface area (Å²) in [6, 6.07) is 5.65. The first-order valence-electron chi connectivity index (χ1n) is 6.39. The van der Waals surface area contributed by atoms with E-state index in [9.17, 15) is 4.79 Å². The first-order valence-corrected chi connectivity index (χ1v) is 6.39. The SMILES string of the molecule is O=C(COCc1ccc2c(c1)OCO2)C1CCOC1. The average Bonchev–Trinajstić information content (AvgIpc) is 3.09. The van der Waals surface area contributed by atoms with E-state index in [4.69, 9.17) is 18.9 Å². The van der Waals surface area contributed by atoms with Gasteiger partial charge in [0.25, 0.3) is 0 Å². The molecule has 0 saturated carbocycles. The number of rotatable bonds is 5. The molecule has 1 fully saturated rings. The molecule has 1 atom stereocenters. The van der Waals surface area contributed by atoms with Crippen molar-refractivity contribution < 1.29 is 23.7 Å². The van der Waals surface area contributed by atoms with Crippen LogP contribution in [0.4, 0.5) is 0 Å². The van der Waals surface area contributed by atoms with Crippen LogP contribution in [0.25, 0.3) is 0 Å². The quantitative estimate of drug-likeness (QED) is 0.807. The summed E-state index contributed by atoms with van der Waals surface area (Å²) < 4.78 is 21.2. The molecule has 0 bridgehead atoms. The fraction of sp³-hybridized carbons (Fsp3) is 0.500. The maximum absolute atomic E-state index is 11.8. The highest BCUT2D eigenvalue weighted by Gasteiger charge is 2.23. The molecule has 1 aromatic carbocycles. The molecule has 0 N–H and O–H groups in total. The van der Waals surface area contributed by atoms with Gasteiger partial charge in [-0.15, -0.1) is 0 Å². The Hall–Kier alpha value is -1.59. The third-order valence-corrected chi connectivity index (χ3v) is 3.34. The van der Waals surface area contributed by atoms with Crippen molar-refractivity contribution in [3.63, 3.8) is 0 Å². The number of carbonyl (C=O) groups excluding carboxylic acids is 1. The van der Waals surface area contributed by atoms with Crippen LogP contribution in [-0.2, 0) is 20.9 Å². The van der Waals surface area contributed by atoms with E-state index >= 15 is 0 Å². The lowest BCUT2D eigenvalue weighted by Gasteiger charge is -2.08. The van der Waals surface area contributed by atoms with Crippen molar-refractivity contribution in [2.24, 2.45) is 5.92 Å². The third kappa shape index (κ3) is 2.88. The third-order valence-electron chi connectivity index (χ3n) is 3.34. The number of benzene rings is 1. The van der Waals surface area contributed by atoms with Gasteiger partial charge >= 0.3 is 0 Å². The Balaban J connectivity index is 1.48. The smallest absolute Gasteiger partial charge is 0.231 e. The molecule has 0 aliphatic carbocycles. The topological polar surface area (TPSA) is 54.0 Å². The molecule has 1 saturated heterocycles. The second kappa shape index (κ2) is 5.59. The van der Waals surface area contributed by atoms with Gasteiger partial charge in [-0.3, -0.25) is 4.79 Å². The average molecular weight is 264 g/mol. The summed E-state index contributed by atoms with van der Waals surface area (Å²) >= 11 is 0. The molecule has 0 spiro atoms. The minimum absolute atomic E-state index is 0.0109. The van der Waals surface area contributed by atoms with Crippen molar-refractivity contribution in [3.05, 3.63) is 23.8 Å².